The van der Waals surface area contributed by atoms with E-state index in [4.69, 9.17) is 4.74 Å². The zero-order chi connectivity index (χ0) is 11.9. The highest BCUT2D eigenvalue weighted by Gasteiger charge is 2.41. The maximum absolute atomic E-state index is 11.4. The zero-order valence-corrected chi connectivity index (χ0v) is 8.53. The van der Waals surface area contributed by atoms with Gasteiger partial charge in [-0.15, -0.1) is 0 Å². The summed E-state index contributed by atoms with van der Waals surface area (Å²) in [6.07, 6.45) is -2.57. The highest BCUT2D eigenvalue weighted by molar-refractivity contribution is 4.91. The van der Waals surface area contributed by atoms with Crippen molar-refractivity contribution in [3.8, 4) is 0 Å². The Labute approximate surface area is 89.9 Å². The molecular formula is C9H12N2O5. The monoisotopic (exact) mass is 228 g/mol. The second kappa shape index (κ2) is 3.85. The first-order valence-electron chi connectivity index (χ1n) is 4.84. The van der Waals surface area contributed by atoms with Crippen LogP contribution in [0.15, 0.2) is 21.9 Å². The summed E-state index contributed by atoms with van der Waals surface area (Å²) in [5.41, 5.74) is -1.21. The number of hydrogen-bond acceptors (Lipinski definition) is 5. The molecule has 2 rings (SSSR count). The van der Waals surface area contributed by atoms with E-state index in [2.05, 4.69) is 0 Å². The molecule has 1 aromatic heterocycles. The standard InChI is InChI=1S/C9H12N2O5/c1-4-6(13)7(14)8(16-4)11-3-2-5(12)10-9(11)15/h2-4,6-8,13-14H,1H3,(H,10,12,15)/t4-,6-,7-,8-/m1/s1. The summed E-state index contributed by atoms with van der Waals surface area (Å²) in [5.74, 6) is 0. The molecule has 1 saturated heterocycles. The summed E-state index contributed by atoms with van der Waals surface area (Å²) in [7, 11) is 0. The molecule has 0 unspecified atom stereocenters. The number of aliphatic hydroxyl groups is 2. The first-order valence-corrected chi connectivity index (χ1v) is 4.84. The predicted molar refractivity (Wildman–Crippen MR) is 52.9 cm³/mol. The normalized spacial score (nSPS) is 34.2. The molecule has 1 fully saturated rings. The summed E-state index contributed by atoms with van der Waals surface area (Å²) in [4.78, 5) is 24.3. The number of aliphatic hydroxyl groups excluding tert-OH is 2. The van der Waals surface area contributed by atoms with Crippen LogP contribution in [0.4, 0.5) is 0 Å². The maximum Gasteiger partial charge on any atom is 0.330 e. The molecule has 1 aliphatic heterocycles. The van der Waals surface area contributed by atoms with Crippen molar-refractivity contribution < 1.29 is 14.9 Å². The van der Waals surface area contributed by atoms with Gasteiger partial charge in [0, 0.05) is 12.3 Å². The van der Waals surface area contributed by atoms with Gasteiger partial charge in [0.2, 0.25) is 0 Å². The Hall–Kier alpha value is -1.44. The first kappa shape index (κ1) is 11.1. The van der Waals surface area contributed by atoms with Crippen LogP contribution in [-0.2, 0) is 4.74 Å². The number of hydrogen-bond donors (Lipinski definition) is 3. The van der Waals surface area contributed by atoms with Crippen LogP contribution in [0.1, 0.15) is 13.2 Å². The molecule has 1 aromatic rings. The number of ether oxygens (including phenoxy) is 1. The first-order chi connectivity index (χ1) is 7.50. The lowest BCUT2D eigenvalue weighted by Gasteiger charge is -2.16. The molecule has 2 heterocycles. The number of nitrogens with zero attached hydrogens (tertiary/aromatic N) is 1. The van der Waals surface area contributed by atoms with Crippen LogP contribution < -0.4 is 11.2 Å². The molecular weight excluding hydrogens is 216 g/mol. The molecule has 0 amide bonds. The zero-order valence-electron chi connectivity index (χ0n) is 8.53. The Morgan fingerprint density at radius 2 is 2.06 bits per heavy atom. The molecule has 4 atom stereocenters. The van der Waals surface area contributed by atoms with E-state index in [1.54, 1.807) is 6.92 Å². The Balaban J connectivity index is 2.39. The van der Waals surface area contributed by atoms with Crippen LogP contribution in [0.5, 0.6) is 0 Å². The lowest BCUT2D eigenvalue weighted by atomic mass is 10.1. The van der Waals surface area contributed by atoms with Gasteiger partial charge >= 0.3 is 5.69 Å². The van der Waals surface area contributed by atoms with Gasteiger partial charge in [0.1, 0.15) is 12.2 Å². The van der Waals surface area contributed by atoms with E-state index in [0.717, 1.165) is 10.6 Å². The van der Waals surface area contributed by atoms with E-state index < -0.39 is 35.8 Å². The predicted octanol–water partition coefficient (Wildman–Crippen LogP) is -1.82. The quantitative estimate of drug-likeness (QED) is 0.524. The van der Waals surface area contributed by atoms with Crippen molar-refractivity contribution in [1.29, 1.82) is 0 Å². The molecule has 3 N–H and O–H groups in total. The molecule has 0 bridgehead atoms. The molecule has 0 spiro atoms. The van der Waals surface area contributed by atoms with Gasteiger partial charge in [-0.05, 0) is 6.92 Å². The highest BCUT2D eigenvalue weighted by Crippen LogP contribution is 2.27. The van der Waals surface area contributed by atoms with Crippen molar-refractivity contribution in [3.05, 3.63) is 33.1 Å². The number of aromatic nitrogens is 2. The lowest BCUT2D eigenvalue weighted by Crippen LogP contribution is -2.37. The third-order valence-corrected chi connectivity index (χ3v) is 2.60. The molecule has 1 aliphatic rings. The van der Waals surface area contributed by atoms with Crippen molar-refractivity contribution >= 4 is 0 Å². The maximum atomic E-state index is 11.4. The van der Waals surface area contributed by atoms with Gasteiger partial charge in [0.15, 0.2) is 6.23 Å². The van der Waals surface area contributed by atoms with Gasteiger partial charge in [0.05, 0.1) is 6.10 Å². The van der Waals surface area contributed by atoms with Crippen molar-refractivity contribution in [1.82, 2.24) is 9.55 Å². The minimum atomic E-state index is -1.20. The summed E-state index contributed by atoms with van der Waals surface area (Å²) in [6.45, 7) is 1.59. The van der Waals surface area contributed by atoms with Gasteiger partial charge < -0.3 is 14.9 Å². The molecule has 7 heteroatoms. The topological polar surface area (TPSA) is 105 Å². The van der Waals surface area contributed by atoms with Crippen LogP contribution in [0.25, 0.3) is 0 Å². The van der Waals surface area contributed by atoms with Gasteiger partial charge in [-0.25, -0.2) is 4.79 Å². The van der Waals surface area contributed by atoms with Crippen LogP contribution in [0, 0.1) is 0 Å². The lowest BCUT2D eigenvalue weighted by molar-refractivity contribution is -0.0351. The van der Waals surface area contributed by atoms with E-state index >= 15 is 0 Å². The fourth-order valence-corrected chi connectivity index (χ4v) is 1.69. The fraction of sp³-hybridized carbons (Fsp3) is 0.556. The molecule has 88 valence electrons. The number of nitrogens with one attached hydrogen (secondary N) is 1. The van der Waals surface area contributed by atoms with Crippen LogP contribution in [0.2, 0.25) is 0 Å². The SMILES string of the molecule is C[C@H]1O[C@@H](n2ccc(=O)[nH]c2=O)[C@H](O)[C@@H]1O. The smallest absolute Gasteiger partial charge is 0.330 e. The minimum Gasteiger partial charge on any atom is -0.388 e. The van der Waals surface area contributed by atoms with Crippen molar-refractivity contribution in [2.45, 2.75) is 31.5 Å². The molecule has 16 heavy (non-hydrogen) atoms. The highest BCUT2D eigenvalue weighted by atomic mass is 16.6. The third-order valence-electron chi connectivity index (χ3n) is 2.60. The number of H-pyrrole nitrogens is 1. The van der Waals surface area contributed by atoms with Crippen LogP contribution >= 0.6 is 0 Å². The Kier molecular flexibility index (Phi) is 2.66. The second-order valence-electron chi connectivity index (χ2n) is 3.73. The van der Waals surface area contributed by atoms with Crippen molar-refractivity contribution in [3.63, 3.8) is 0 Å². The van der Waals surface area contributed by atoms with Gasteiger partial charge in [0.25, 0.3) is 5.56 Å². The Bertz CT molecular complexity index is 493. The van der Waals surface area contributed by atoms with Crippen LogP contribution in [-0.4, -0.2) is 38.1 Å². The molecule has 0 aromatic carbocycles. The van der Waals surface area contributed by atoms with E-state index in [1.165, 1.54) is 6.20 Å². The van der Waals surface area contributed by atoms with E-state index in [-0.39, 0.29) is 0 Å². The van der Waals surface area contributed by atoms with Crippen molar-refractivity contribution in [2.75, 3.05) is 0 Å². The fourth-order valence-electron chi connectivity index (χ4n) is 1.69. The van der Waals surface area contributed by atoms with Gasteiger partial charge in [-0.2, -0.15) is 0 Å². The molecule has 7 nitrogen and oxygen atoms in total. The summed E-state index contributed by atoms with van der Waals surface area (Å²) >= 11 is 0. The van der Waals surface area contributed by atoms with Gasteiger partial charge in [-0.3, -0.25) is 14.3 Å². The summed E-state index contributed by atoms with van der Waals surface area (Å²) in [5, 5.41) is 19.1. The number of rotatable bonds is 1. The molecule has 0 radical (unpaired) electrons. The molecule has 0 saturated carbocycles. The minimum absolute atomic E-state index is 0.526. The largest absolute Gasteiger partial charge is 0.388 e. The van der Waals surface area contributed by atoms with Crippen molar-refractivity contribution in [2.24, 2.45) is 0 Å². The summed E-state index contributed by atoms with van der Waals surface area (Å²) in [6, 6.07) is 1.15. The molecule has 0 aliphatic carbocycles. The average molecular weight is 228 g/mol. The average Bonchev–Trinajstić information content (AvgIpc) is 2.46. The Morgan fingerprint density at radius 1 is 1.38 bits per heavy atom. The second-order valence-corrected chi connectivity index (χ2v) is 3.73. The van der Waals surface area contributed by atoms with E-state index in [1.807, 2.05) is 4.98 Å². The number of aromatic amines is 1. The van der Waals surface area contributed by atoms with Crippen LogP contribution in [0.3, 0.4) is 0 Å². The van der Waals surface area contributed by atoms with Gasteiger partial charge in [-0.1, -0.05) is 0 Å². The van der Waals surface area contributed by atoms with E-state index in [0.29, 0.717) is 0 Å². The third kappa shape index (κ3) is 1.69. The van der Waals surface area contributed by atoms with E-state index in [9.17, 15) is 19.8 Å². The summed E-state index contributed by atoms with van der Waals surface area (Å²) < 4.78 is 6.27. The Morgan fingerprint density at radius 3 is 2.56 bits per heavy atom.